The standard InChI is InChI=1S/C22H26N4O3/c1-14-19-16(25-26-21(27)17-10-5-6-13-23-17)11-7-12-18(19)29-20(14)22(28)24-15-8-3-2-4-9-15/h5-6,10,13,15H,2-4,7-9,11-12H2,1H3,(H,24,28)(H,26,27)/b25-16+. The maximum atomic E-state index is 12.8. The molecule has 0 aliphatic heterocycles. The van der Waals surface area contributed by atoms with Crippen molar-refractivity contribution in [2.24, 2.45) is 5.10 Å². The maximum Gasteiger partial charge on any atom is 0.289 e. The van der Waals surface area contributed by atoms with Gasteiger partial charge in [-0.2, -0.15) is 5.10 Å². The summed E-state index contributed by atoms with van der Waals surface area (Å²) in [5, 5.41) is 7.46. The Kier molecular flexibility index (Phi) is 5.74. The molecule has 2 amide bonds. The third-order valence-electron chi connectivity index (χ3n) is 5.66. The van der Waals surface area contributed by atoms with Crippen LogP contribution in [0.4, 0.5) is 0 Å². The van der Waals surface area contributed by atoms with E-state index >= 15 is 0 Å². The summed E-state index contributed by atoms with van der Waals surface area (Å²) in [5.74, 6) is 0.627. The molecule has 0 atom stereocenters. The first kappa shape index (κ1) is 19.4. The summed E-state index contributed by atoms with van der Waals surface area (Å²) in [6.07, 6.45) is 9.52. The van der Waals surface area contributed by atoms with E-state index in [0.717, 1.165) is 67.5 Å². The second-order valence-electron chi connectivity index (χ2n) is 7.73. The quantitative estimate of drug-likeness (QED) is 0.776. The molecule has 0 bridgehead atoms. The third kappa shape index (κ3) is 4.23. The number of amides is 2. The Balaban J connectivity index is 1.52. The first-order valence-corrected chi connectivity index (χ1v) is 10.3. The van der Waals surface area contributed by atoms with Gasteiger partial charge in [-0.25, -0.2) is 5.43 Å². The Bertz CT molecular complexity index is 927. The minimum Gasteiger partial charge on any atom is -0.455 e. The van der Waals surface area contributed by atoms with Crippen molar-refractivity contribution in [3.8, 4) is 0 Å². The summed E-state index contributed by atoms with van der Waals surface area (Å²) in [6.45, 7) is 1.89. The van der Waals surface area contributed by atoms with Gasteiger partial charge in [0.1, 0.15) is 11.5 Å². The Labute approximate surface area is 170 Å². The SMILES string of the molecule is Cc1c(C(=O)NC2CCCCC2)oc2c1/C(=N/NC(=O)c1ccccn1)CCC2. The average Bonchev–Trinajstić information content (AvgIpc) is 3.10. The topological polar surface area (TPSA) is 96.6 Å². The zero-order valence-electron chi connectivity index (χ0n) is 16.7. The molecule has 7 heteroatoms. The monoisotopic (exact) mass is 394 g/mol. The van der Waals surface area contributed by atoms with Crippen LogP contribution in [0, 0.1) is 6.92 Å². The summed E-state index contributed by atoms with van der Waals surface area (Å²) in [6, 6.07) is 5.37. The number of hydrazone groups is 1. The molecule has 2 aromatic heterocycles. The highest BCUT2D eigenvalue weighted by Gasteiger charge is 2.29. The zero-order valence-corrected chi connectivity index (χ0v) is 16.7. The first-order valence-electron chi connectivity index (χ1n) is 10.3. The molecular formula is C22H26N4O3. The lowest BCUT2D eigenvalue weighted by molar-refractivity contribution is 0.0895. The van der Waals surface area contributed by atoms with Crippen LogP contribution in [-0.4, -0.2) is 28.6 Å². The van der Waals surface area contributed by atoms with Gasteiger partial charge >= 0.3 is 0 Å². The number of carbonyl (C=O) groups is 2. The van der Waals surface area contributed by atoms with E-state index in [2.05, 4.69) is 20.8 Å². The molecule has 1 saturated carbocycles. The molecule has 2 aliphatic carbocycles. The van der Waals surface area contributed by atoms with Crippen LogP contribution in [0.1, 0.15) is 82.9 Å². The molecule has 7 nitrogen and oxygen atoms in total. The minimum atomic E-state index is -0.360. The van der Waals surface area contributed by atoms with Crippen LogP contribution in [0.2, 0.25) is 0 Å². The van der Waals surface area contributed by atoms with Crippen molar-refractivity contribution in [3.63, 3.8) is 0 Å². The molecule has 0 radical (unpaired) electrons. The number of nitrogens with one attached hydrogen (secondary N) is 2. The van der Waals surface area contributed by atoms with E-state index in [9.17, 15) is 9.59 Å². The molecule has 2 aromatic rings. The Morgan fingerprint density at radius 3 is 2.69 bits per heavy atom. The number of pyridine rings is 1. The van der Waals surface area contributed by atoms with Gasteiger partial charge in [-0.05, 0) is 44.7 Å². The number of hydrogen-bond acceptors (Lipinski definition) is 5. The van der Waals surface area contributed by atoms with Crippen molar-refractivity contribution >= 4 is 17.5 Å². The number of fused-ring (bicyclic) bond motifs is 1. The van der Waals surface area contributed by atoms with E-state index in [4.69, 9.17) is 4.42 Å². The Morgan fingerprint density at radius 2 is 1.93 bits per heavy atom. The molecule has 0 unspecified atom stereocenters. The summed E-state index contributed by atoms with van der Waals surface area (Å²) >= 11 is 0. The van der Waals surface area contributed by atoms with Crippen molar-refractivity contribution < 1.29 is 14.0 Å². The van der Waals surface area contributed by atoms with Crippen molar-refractivity contribution in [3.05, 3.63) is 52.7 Å². The second kappa shape index (κ2) is 8.59. The number of aromatic nitrogens is 1. The van der Waals surface area contributed by atoms with Crippen molar-refractivity contribution in [2.45, 2.75) is 64.3 Å². The molecule has 4 rings (SSSR count). The van der Waals surface area contributed by atoms with Gasteiger partial charge in [-0.1, -0.05) is 25.3 Å². The predicted molar refractivity (Wildman–Crippen MR) is 109 cm³/mol. The third-order valence-corrected chi connectivity index (χ3v) is 5.66. The number of furan rings is 1. The molecule has 2 heterocycles. The molecule has 29 heavy (non-hydrogen) atoms. The van der Waals surface area contributed by atoms with Gasteiger partial charge < -0.3 is 9.73 Å². The normalized spacial score (nSPS) is 18.3. The number of nitrogens with zero attached hydrogens (tertiary/aromatic N) is 2. The van der Waals surface area contributed by atoms with E-state index in [1.54, 1.807) is 24.4 Å². The zero-order chi connectivity index (χ0) is 20.2. The summed E-state index contributed by atoms with van der Waals surface area (Å²) in [7, 11) is 0. The van der Waals surface area contributed by atoms with Crippen LogP contribution in [-0.2, 0) is 6.42 Å². The van der Waals surface area contributed by atoms with E-state index in [0.29, 0.717) is 11.5 Å². The number of rotatable bonds is 4. The van der Waals surface area contributed by atoms with Gasteiger partial charge in [-0.15, -0.1) is 0 Å². The molecule has 1 fully saturated rings. The lowest BCUT2D eigenvalue weighted by Gasteiger charge is -2.22. The van der Waals surface area contributed by atoms with E-state index in [-0.39, 0.29) is 17.9 Å². The largest absolute Gasteiger partial charge is 0.455 e. The first-order chi connectivity index (χ1) is 14.1. The highest BCUT2D eigenvalue weighted by molar-refractivity contribution is 6.07. The van der Waals surface area contributed by atoms with Crippen LogP contribution >= 0.6 is 0 Å². The predicted octanol–water partition coefficient (Wildman–Crippen LogP) is 3.52. The molecule has 2 N–H and O–H groups in total. The summed E-state index contributed by atoms with van der Waals surface area (Å²) in [4.78, 5) is 29.1. The Morgan fingerprint density at radius 1 is 1.10 bits per heavy atom. The highest BCUT2D eigenvalue weighted by Crippen LogP contribution is 2.30. The fourth-order valence-electron chi connectivity index (χ4n) is 4.17. The van der Waals surface area contributed by atoms with Gasteiger partial charge in [0.25, 0.3) is 11.8 Å². The molecule has 0 saturated heterocycles. The van der Waals surface area contributed by atoms with Gasteiger partial charge in [0.2, 0.25) is 0 Å². The van der Waals surface area contributed by atoms with E-state index in [1.807, 2.05) is 6.92 Å². The number of carbonyl (C=O) groups excluding carboxylic acids is 2. The Hall–Kier alpha value is -2.96. The van der Waals surface area contributed by atoms with Gasteiger partial charge in [-0.3, -0.25) is 14.6 Å². The number of hydrogen-bond donors (Lipinski definition) is 2. The summed E-state index contributed by atoms with van der Waals surface area (Å²) in [5.41, 5.74) is 5.28. The summed E-state index contributed by atoms with van der Waals surface area (Å²) < 4.78 is 5.94. The highest BCUT2D eigenvalue weighted by atomic mass is 16.4. The molecule has 0 aromatic carbocycles. The van der Waals surface area contributed by atoms with E-state index < -0.39 is 0 Å². The van der Waals surface area contributed by atoms with Crippen molar-refractivity contribution in [1.82, 2.24) is 15.7 Å². The van der Waals surface area contributed by atoms with Crippen LogP contribution in [0.3, 0.4) is 0 Å². The molecule has 152 valence electrons. The van der Waals surface area contributed by atoms with Crippen molar-refractivity contribution in [1.29, 1.82) is 0 Å². The van der Waals surface area contributed by atoms with Crippen LogP contribution in [0.15, 0.2) is 33.9 Å². The second-order valence-corrected chi connectivity index (χ2v) is 7.73. The fraction of sp³-hybridized carbons (Fsp3) is 0.455. The lowest BCUT2D eigenvalue weighted by Crippen LogP contribution is -2.36. The minimum absolute atomic E-state index is 0.152. The van der Waals surface area contributed by atoms with Crippen LogP contribution in [0.25, 0.3) is 0 Å². The smallest absolute Gasteiger partial charge is 0.289 e. The average molecular weight is 394 g/mol. The number of aryl methyl sites for hydroxylation is 1. The van der Waals surface area contributed by atoms with Gasteiger partial charge in [0.05, 0.1) is 5.71 Å². The molecule has 0 spiro atoms. The van der Waals surface area contributed by atoms with Crippen LogP contribution < -0.4 is 10.7 Å². The molecule has 2 aliphatic rings. The van der Waals surface area contributed by atoms with Gasteiger partial charge in [0, 0.05) is 29.8 Å². The van der Waals surface area contributed by atoms with Gasteiger partial charge in [0.15, 0.2) is 5.76 Å². The van der Waals surface area contributed by atoms with Crippen LogP contribution in [0.5, 0.6) is 0 Å². The lowest BCUT2D eigenvalue weighted by atomic mass is 9.93. The van der Waals surface area contributed by atoms with E-state index in [1.165, 1.54) is 6.42 Å². The molecular weight excluding hydrogens is 368 g/mol. The fourth-order valence-corrected chi connectivity index (χ4v) is 4.17. The maximum absolute atomic E-state index is 12.8. The van der Waals surface area contributed by atoms with Crippen molar-refractivity contribution in [2.75, 3.05) is 0 Å².